The van der Waals surface area contributed by atoms with Gasteiger partial charge in [0.15, 0.2) is 11.4 Å². The van der Waals surface area contributed by atoms with Crippen molar-refractivity contribution in [3.63, 3.8) is 0 Å². The minimum absolute atomic E-state index is 0.131. The summed E-state index contributed by atoms with van der Waals surface area (Å²) in [5, 5.41) is 11.3. The van der Waals surface area contributed by atoms with Gasteiger partial charge < -0.3 is 14.4 Å². The zero-order valence-electron chi connectivity index (χ0n) is 15.8. The largest absolute Gasteiger partial charge is 0.461 e. The molecule has 0 spiro atoms. The predicted octanol–water partition coefficient (Wildman–Crippen LogP) is 3.90. The maximum atomic E-state index is 13.3. The van der Waals surface area contributed by atoms with Crippen molar-refractivity contribution in [3.8, 4) is 0 Å². The number of hydrogen-bond donors (Lipinski definition) is 1. The summed E-state index contributed by atoms with van der Waals surface area (Å²) in [6.07, 6.45) is 1.04. The van der Waals surface area contributed by atoms with Gasteiger partial charge in [-0.3, -0.25) is 9.59 Å². The van der Waals surface area contributed by atoms with Crippen LogP contribution in [0.5, 0.6) is 0 Å². The number of hydrogen-bond acceptors (Lipinski definition) is 4. The van der Waals surface area contributed by atoms with E-state index in [9.17, 15) is 14.7 Å². The molecule has 0 saturated carbocycles. The smallest absolute Gasteiger partial charge is 0.264 e. The molecule has 0 bridgehead atoms. The first kappa shape index (κ1) is 18.2. The number of para-hydroxylation sites is 1. The van der Waals surface area contributed by atoms with Crippen molar-refractivity contribution in [3.05, 3.63) is 88.9 Å². The lowest BCUT2D eigenvalue weighted by Gasteiger charge is -2.23. The number of nitrogens with zero attached hydrogens (tertiary/aromatic N) is 1. The highest BCUT2D eigenvalue weighted by atomic mass is 16.3. The second-order valence-electron chi connectivity index (χ2n) is 7.28. The molecular weight excluding hydrogens is 354 g/mol. The predicted molar refractivity (Wildman–Crippen MR) is 105 cm³/mol. The summed E-state index contributed by atoms with van der Waals surface area (Å²) in [5.41, 5.74) is 2.35. The molecule has 0 radical (unpaired) electrons. The number of furan rings is 1. The Kier molecular flexibility index (Phi) is 4.40. The molecule has 0 saturated heterocycles. The van der Waals surface area contributed by atoms with Gasteiger partial charge in [-0.25, -0.2) is 0 Å². The Balaban J connectivity index is 1.71. The van der Waals surface area contributed by atoms with Crippen LogP contribution in [0.2, 0.25) is 0 Å². The zero-order valence-corrected chi connectivity index (χ0v) is 15.8. The number of aliphatic hydroxyl groups is 1. The van der Waals surface area contributed by atoms with E-state index in [2.05, 4.69) is 0 Å². The third-order valence-electron chi connectivity index (χ3n) is 5.28. The molecule has 1 aliphatic heterocycles. The van der Waals surface area contributed by atoms with E-state index >= 15 is 0 Å². The number of fused-ring (bicyclic) bond motifs is 1. The Labute approximate surface area is 163 Å². The highest BCUT2D eigenvalue weighted by Crippen LogP contribution is 2.43. The molecule has 0 aliphatic carbocycles. The van der Waals surface area contributed by atoms with E-state index in [-0.39, 0.29) is 12.2 Å². The number of aryl methyl sites for hydroxylation is 2. The Bertz CT molecular complexity index is 1050. The van der Waals surface area contributed by atoms with Gasteiger partial charge in [-0.15, -0.1) is 0 Å². The molecule has 1 N–H and O–H groups in total. The first-order valence-electron chi connectivity index (χ1n) is 9.17. The molecule has 5 heteroatoms. The van der Waals surface area contributed by atoms with Crippen LogP contribution in [0.3, 0.4) is 0 Å². The lowest BCUT2D eigenvalue weighted by atomic mass is 9.89. The number of rotatable bonds is 5. The average Bonchev–Trinajstić information content (AvgIpc) is 3.28. The molecule has 5 nitrogen and oxygen atoms in total. The Hall–Kier alpha value is -3.18. The van der Waals surface area contributed by atoms with Gasteiger partial charge in [-0.05, 0) is 43.2 Å². The third-order valence-corrected chi connectivity index (χ3v) is 5.28. The Morgan fingerprint density at radius 1 is 1.11 bits per heavy atom. The Morgan fingerprint density at radius 3 is 2.64 bits per heavy atom. The number of carbonyl (C=O) groups excluding carboxylic acids is 2. The van der Waals surface area contributed by atoms with Crippen LogP contribution in [0.4, 0.5) is 5.69 Å². The van der Waals surface area contributed by atoms with E-state index in [0.717, 1.165) is 16.7 Å². The van der Waals surface area contributed by atoms with Gasteiger partial charge in [0.1, 0.15) is 0 Å². The summed E-state index contributed by atoms with van der Waals surface area (Å²) in [7, 11) is 0. The van der Waals surface area contributed by atoms with E-state index in [1.54, 1.807) is 29.2 Å². The van der Waals surface area contributed by atoms with Crippen molar-refractivity contribution >= 4 is 17.4 Å². The molecule has 3 aromatic rings. The van der Waals surface area contributed by atoms with E-state index in [1.807, 2.05) is 38.1 Å². The molecule has 0 unspecified atom stereocenters. The van der Waals surface area contributed by atoms with E-state index in [0.29, 0.717) is 17.8 Å². The fraction of sp³-hybridized carbons (Fsp3) is 0.217. The van der Waals surface area contributed by atoms with Crippen LogP contribution in [0.1, 0.15) is 39.2 Å². The SMILES string of the molecule is Cc1ccc(C)c(CN2C(=O)[C@](O)(CC(=O)c3ccco3)c3ccccc32)c1. The van der Waals surface area contributed by atoms with E-state index in [1.165, 1.54) is 12.3 Å². The fourth-order valence-corrected chi connectivity index (χ4v) is 3.73. The minimum atomic E-state index is -1.90. The summed E-state index contributed by atoms with van der Waals surface area (Å²) in [6, 6.07) is 16.3. The van der Waals surface area contributed by atoms with Gasteiger partial charge in [0.05, 0.1) is 24.9 Å². The van der Waals surface area contributed by atoms with E-state index in [4.69, 9.17) is 4.42 Å². The molecule has 1 aliphatic rings. The minimum Gasteiger partial charge on any atom is -0.461 e. The van der Waals surface area contributed by atoms with Crippen LogP contribution in [-0.2, 0) is 16.9 Å². The number of carbonyl (C=O) groups is 2. The normalized spacial score (nSPS) is 18.4. The van der Waals surface area contributed by atoms with Crippen molar-refractivity contribution in [2.24, 2.45) is 0 Å². The number of anilines is 1. The number of amides is 1. The highest BCUT2D eigenvalue weighted by molar-refractivity contribution is 6.10. The molecule has 1 amide bonds. The lowest BCUT2D eigenvalue weighted by Crippen LogP contribution is -2.41. The van der Waals surface area contributed by atoms with Crippen molar-refractivity contribution in [1.29, 1.82) is 0 Å². The van der Waals surface area contributed by atoms with Crippen molar-refractivity contribution in [2.75, 3.05) is 4.90 Å². The van der Waals surface area contributed by atoms with Crippen molar-refractivity contribution < 1.29 is 19.1 Å². The molecule has 1 aromatic heterocycles. The molecule has 28 heavy (non-hydrogen) atoms. The average molecular weight is 375 g/mol. The molecule has 2 aromatic carbocycles. The maximum Gasteiger partial charge on any atom is 0.264 e. The lowest BCUT2D eigenvalue weighted by molar-refractivity contribution is -0.136. The Morgan fingerprint density at radius 2 is 1.89 bits per heavy atom. The van der Waals surface area contributed by atoms with Crippen LogP contribution in [0, 0.1) is 13.8 Å². The van der Waals surface area contributed by atoms with Gasteiger partial charge in [-0.2, -0.15) is 0 Å². The molecule has 1 atom stereocenters. The van der Waals surface area contributed by atoms with Crippen LogP contribution in [0.15, 0.2) is 65.3 Å². The summed E-state index contributed by atoms with van der Waals surface area (Å²) in [6.45, 7) is 4.33. The van der Waals surface area contributed by atoms with Crippen LogP contribution < -0.4 is 4.90 Å². The van der Waals surface area contributed by atoms with E-state index < -0.39 is 17.3 Å². The molecule has 142 valence electrons. The third kappa shape index (κ3) is 2.94. The fourth-order valence-electron chi connectivity index (χ4n) is 3.73. The summed E-state index contributed by atoms with van der Waals surface area (Å²) < 4.78 is 5.14. The topological polar surface area (TPSA) is 70.8 Å². The van der Waals surface area contributed by atoms with Crippen molar-refractivity contribution in [2.45, 2.75) is 32.4 Å². The van der Waals surface area contributed by atoms with Crippen LogP contribution in [-0.4, -0.2) is 16.8 Å². The molecule has 2 heterocycles. The van der Waals surface area contributed by atoms with Crippen LogP contribution in [0.25, 0.3) is 0 Å². The maximum absolute atomic E-state index is 13.3. The summed E-state index contributed by atoms with van der Waals surface area (Å²) in [4.78, 5) is 27.4. The molecular formula is C23H21NO4. The number of benzene rings is 2. The number of ketones is 1. The summed E-state index contributed by atoms with van der Waals surface area (Å²) in [5.74, 6) is -0.773. The second kappa shape index (κ2) is 6.77. The summed E-state index contributed by atoms with van der Waals surface area (Å²) >= 11 is 0. The van der Waals surface area contributed by atoms with Gasteiger partial charge in [0.2, 0.25) is 5.78 Å². The monoisotopic (exact) mass is 375 g/mol. The molecule has 0 fully saturated rings. The highest BCUT2D eigenvalue weighted by Gasteiger charge is 2.51. The van der Waals surface area contributed by atoms with Gasteiger partial charge in [-0.1, -0.05) is 42.0 Å². The van der Waals surface area contributed by atoms with Crippen molar-refractivity contribution in [1.82, 2.24) is 0 Å². The molecule has 4 rings (SSSR count). The van der Waals surface area contributed by atoms with Crippen LogP contribution >= 0.6 is 0 Å². The van der Waals surface area contributed by atoms with Gasteiger partial charge >= 0.3 is 0 Å². The van der Waals surface area contributed by atoms with Gasteiger partial charge in [0.25, 0.3) is 5.91 Å². The first-order valence-corrected chi connectivity index (χ1v) is 9.17. The number of Topliss-reactive ketones (excluding diaryl/α,β-unsaturated/α-hetero) is 1. The standard InChI is InChI=1S/C23H21NO4/c1-15-9-10-16(2)17(12-15)14-24-19-7-4-3-6-18(19)23(27,22(24)26)13-20(25)21-8-5-11-28-21/h3-12,27H,13-14H2,1-2H3/t23-/m0/s1. The second-order valence-corrected chi connectivity index (χ2v) is 7.28. The van der Waals surface area contributed by atoms with Gasteiger partial charge in [0, 0.05) is 5.56 Å². The zero-order chi connectivity index (χ0) is 19.9. The quantitative estimate of drug-likeness (QED) is 0.687. The first-order chi connectivity index (χ1) is 13.4.